The van der Waals surface area contributed by atoms with E-state index < -0.39 is 23.4 Å². The molecular formula is C26H24F2N2O3S. The fraction of sp³-hybridized carbons (Fsp3) is 0.269. The minimum Gasteiger partial charge on any atom is -0.434 e. The van der Waals surface area contributed by atoms with Crippen LogP contribution >= 0.6 is 11.3 Å². The van der Waals surface area contributed by atoms with Crippen molar-refractivity contribution in [2.75, 3.05) is 0 Å². The Morgan fingerprint density at radius 1 is 1.18 bits per heavy atom. The van der Waals surface area contributed by atoms with E-state index in [1.54, 1.807) is 45.0 Å². The molecule has 0 aliphatic rings. The molecular weight excluding hydrogens is 458 g/mol. The molecule has 0 saturated carbocycles. The van der Waals surface area contributed by atoms with E-state index in [0.717, 1.165) is 22.5 Å². The van der Waals surface area contributed by atoms with E-state index in [0.29, 0.717) is 5.69 Å². The van der Waals surface area contributed by atoms with E-state index in [2.05, 4.69) is 4.74 Å². The molecule has 0 unspecified atom stereocenters. The lowest BCUT2D eigenvalue weighted by Gasteiger charge is -2.15. The highest BCUT2D eigenvalue weighted by atomic mass is 32.1. The zero-order chi connectivity index (χ0) is 25.2. The number of alkyl halides is 2. The topological polar surface area (TPSA) is 72.1 Å². The summed E-state index contributed by atoms with van der Waals surface area (Å²) in [5.41, 5.74) is 1.15. The zero-order valence-electron chi connectivity index (χ0n) is 19.5. The Morgan fingerprint density at radius 2 is 1.85 bits per heavy atom. The lowest BCUT2D eigenvalue weighted by atomic mass is 9.87. The van der Waals surface area contributed by atoms with E-state index in [4.69, 9.17) is 0 Å². The first kappa shape index (κ1) is 25.1. The van der Waals surface area contributed by atoms with Gasteiger partial charge < -0.3 is 4.74 Å². The van der Waals surface area contributed by atoms with Crippen LogP contribution in [0, 0.1) is 30.6 Å². The first-order chi connectivity index (χ1) is 15.9. The third-order valence-corrected chi connectivity index (χ3v) is 6.16. The number of nitrogens with zero attached hydrogens (tertiary/aromatic N) is 2. The normalized spacial score (nSPS) is 13.1. The highest BCUT2D eigenvalue weighted by molar-refractivity contribution is 7.07. The number of benzene rings is 2. The minimum absolute atomic E-state index is 0.0832. The van der Waals surface area contributed by atoms with E-state index in [1.807, 2.05) is 32.0 Å². The molecule has 0 N–H and O–H groups in total. The first-order valence-electron chi connectivity index (χ1n) is 10.5. The first-order valence-corrected chi connectivity index (χ1v) is 11.3. The molecule has 0 amide bonds. The summed E-state index contributed by atoms with van der Waals surface area (Å²) in [5.74, 6) is -0.483. The van der Waals surface area contributed by atoms with Crippen LogP contribution in [0.4, 0.5) is 8.78 Å². The Balaban J connectivity index is 2.45. The average Bonchev–Trinajstić information content (AvgIpc) is 3.05. The number of aromatic nitrogens is 1. The number of ether oxygens (including phenoxy) is 1. The number of para-hydroxylation sites is 1. The SMILES string of the molecule is Cc1ccc(-n2c(=O)/c(=C\c3ccccc3OC(F)F)s/c2=C(/C#N)C(=O)C(C)(C)C)c(C)c1. The molecule has 176 valence electrons. The predicted octanol–water partition coefficient (Wildman–Crippen LogP) is 4.24. The van der Waals surface area contributed by atoms with Crippen LogP contribution in [0.25, 0.3) is 17.3 Å². The van der Waals surface area contributed by atoms with Gasteiger partial charge in [0.15, 0.2) is 5.78 Å². The molecule has 1 heterocycles. The molecule has 3 rings (SSSR count). The molecule has 34 heavy (non-hydrogen) atoms. The Bertz CT molecular complexity index is 1470. The molecule has 2 aromatic carbocycles. The number of nitriles is 1. The standard InChI is InChI=1S/C26H24F2N2O3S/c1-15-10-11-19(16(2)12-15)30-23(32)21(13-17-8-6-7-9-20(17)33-25(27)28)34-24(30)18(14-29)22(31)26(3,4)5/h6-13,25H,1-5H3/b21-13+,24-18-. The number of thiazole rings is 1. The summed E-state index contributed by atoms with van der Waals surface area (Å²) < 4.78 is 32.0. The second-order valence-corrected chi connectivity index (χ2v) is 9.86. The van der Waals surface area contributed by atoms with Gasteiger partial charge in [-0.3, -0.25) is 14.2 Å². The zero-order valence-corrected chi connectivity index (χ0v) is 20.3. The summed E-state index contributed by atoms with van der Waals surface area (Å²) in [7, 11) is 0. The van der Waals surface area contributed by atoms with Crippen molar-refractivity contribution in [2.45, 2.75) is 41.2 Å². The maximum atomic E-state index is 13.6. The van der Waals surface area contributed by atoms with Crippen molar-refractivity contribution in [2.24, 2.45) is 5.41 Å². The van der Waals surface area contributed by atoms with E-state index in [-0.39, 0.29) is 26.1 Å². The molecule has 0 aliphatic carbocycles. The van der Waals surface area contributed by atoms with Crippen LogP contribution < -0.4 is 19.5 Å². The summed E-state index contributed by atoms with van der Waals surface area (Å²) in [6, 6.07) is 13.6. The number of rotatable bonds is 5. The molecule has 0 aliphatic heterocycles. The summed E-state index contributed by atoms with van der Waals surface area (Å²) in [6.45, 7) is 5.83. The molecule has 0 saturated heterocycles. The maximum Gasteiger partial charge on any atom is 0.387 e. The van der Waals surface area contributed by atoms with Gasteiger partial charge in [-0.2, -0.15) is 14.0 Å². The number of Topliss-reactive ketones (excluding diaryl/α,β-unsaturated/α-hetero) is 1. The van der Waals surface area contributed by atoms with Crippen molar-refractivity contribution in [1.82, 2.24) is 4.57 Å². The lowest BCUT2D eigenvalue weighted by molar-refractivity contribution is -0.120. The van der Waals surface area contributed by atoms with Crippen molar-refractivity contribution in [3.8, 4) is 17.5 Å². The summed E-state index contributed by atoms with van der Waals surface area (Å²) >= 11 is 0.965. The summed E-state index contributed by atoms with van der Waals surface area (Å²) in [5, 5.41) is 9.90. The van der Waals surface area contributed by atoms with Crippen LogP contribution in [0.3, 0.4) is 0 Å². The molecule has 1 aromatic heterocycles. The number of ketones is 1. The fourth-order valence-electron chi connectivity index (χ4n) is 3.44. The van der Waals surface area contributed by atoms with Gasteiger partial charge in [0.25, 0.3) is 5.56 Å². The van der Waals surface area contributed by atoms with E-state index in [9.17, 15) is 23.6 Å². The number of carbonyl (C=O) groups is 1. The molecule has 0 bridgehead atoms. The van der Waals surface area contributed by atoms with Crippen molar-refractivity contribution in [1.29, 1.82) is 5.26 Å². The largest absolute Gasteiger partial charge is 0.434 e. The van der Waals surface area contributed by atoms with Gasteiger partial charge in [0, 0.05) is 11.0 Å². The van der Waals surface area contributed by atoms with Crippen molar-refractivity contribution in [3.63, 3.8) is 0 Å². The third kappa shape index (κ3) is 5.15. The van der Waals surface area contributed by atoms with Crippen molar-refractivity contribution in [3.05, 3.63) is 78.7 Å². The van der Waals surface area contributed by atoms with Gasteiger partial charge in [0.1, 0.15) is 22.1 Å². The molecule has 0 atom stereocenters. The molecule has 8 heteroatoms. The number of hydrogen-bond donors (Lipinski definition) is 0. The number of carbonyl (C=O) groups excluding carboxylic acids is 1. The van der Waals surface area contributed by atoms with Crippen LogP contribution in [0.15, 0.2) is 47.3 Å². The number of halogens is 2. The van der Waals surface area contributed by atoms with E-state index in [1.165, 1.54) is 16.7 Å². The second kappa shape index (κ2) is 9.74. The Morgan fingerprint density at radius 3 is 2.44 bits per heavy atom. The third-order valence-electron chi connectivity index (χ3n) is 5.07. The number of hydrogen-bond acceptors (Lipinski definition) is 5. The molecule has 0 fully saturated rings. The van der Waals surface area contributed by atoms with Crippen LogP contribution in [-0.2, 0) is 4.79 Å². The van der Waals surface area contributed by atoms with Gasteiger partial charge in [-0.25, -0.2) is 0 Å². The van der Waals surface area contributed by atoms with Gasteiger partial charge in [0.2, 0.25) is 0 Å². The van der Waals surface area contributed by atoms with Crippen molar-refractivity contribution >= 4 is 28.8 Å². The van der Waals surface area contributed by atoms with Gasteiger partial charge in [-0.1, -0.05) is 56.7 Å². The fourth-order valence-corrected chi connectivity index (χ4v) is 4.53. The highest BCUT2D eigenvalue weighted by Crippen LogP contribution is 2.22. The second-order valence-electron chi connectivity index (χ2n) is 8.83. The van der Waals surface area contributed by atoms with Crippen LogP contribution in [0.5, 0.6) is 5.75 Å². The predicted molar refractivity (Wildman–Crippen MR) is 129 cm³/mol. The molecule has 0 spiro atoms. The van der Waals surface area contributed by atoms with Gasteiger partial charge in [-0.15, -0.1) is 11.3 Å². The van der Waals surface area contributed by atoms with E-state index >= 15 is 0 Å². The lowest BCUT2D eigenvalue weighted by Crippen LogP contribution is -2.33. The monoisotopic (exact) mass is 482 g/mol. The highest BCUT2D eigenvalue weighted by Gasteiger charge is 2.27. The van der Waals surface area contributed by atoms with Gasteiger partial charge >= 0.3 is 6.61 Å². The maximum absolute atomic E-state index is 13.6. The van der Waals surface area contributed by atoms with Crippen LogP contribution in [-0.4, -0.2) is 17.0 Å². The Hall–Kier alpha value is -3.57. The average molecular weight is 483 g/mol. The van der Waals surface area contributed by atoms with Gasteiger partial charge in [0.05, 0.1) is 10.2 Å². The van der Waals surface area contributed by atoms with Crippen LogP contribution in [0.1, 0.15) is 37.5 Å². The summed E-state index contributed by atoms with van der Waals surface area (Å²) in [6.07, 6.45) is 1.44. The van der Waals surface area contributed by atoms with Gasteiger partial charge in [-0.05, 0) is 37.6 Å². The number of aryl methyl sites for hydroxylation is 2. The smallest absolute Gasteiger partial charge is 0.387 e. The van der Waals surface area contributed by atoms with Crippen molar-refractivity contribution < 1.29 is 18.3 Å². The van der Waals surface area contributed by atoms with Crippen LogP contribution in [0.2, 0.25) is 0 Å². The Kier molecular flexibility index (Phi) is 7.18. The molecule has 3 aromatic rings. The molecule has 5 nitrogen and oxygen atoms in total. The Labute approximate surface area is 199 Å². The minimum atomic E-state index is -3.02. The summed E-state index contributed by atoms with van der Waals surface area (Å²) in [4.78, 5) is 26.7. The quantitative estimate of drug-likeness (QED) is 0.546. The molecule has 0 radical (unpaired) electrons.